The Hall–Kier alpha value is -2.47. The van der Waals surface area contributed by atoms with Crippen molar-refractivity contribution in [2.24, 2.45) is 0 Å². The van der Waals surface area contributed by atoms with Crippen molar-refractivity contribution in [3.05, 3.63) is 53.9 Å². The number of hydrogen-bond acceptors (Lipinski definition) is 5. The second-order valence-electron chi connectivity index (χ2n) is 7.75. The zero-order valence-corrected chi connectivity index (χ0v) is 16.1. The number of piperidine rings is 1. The third-order valence-corrected chi connectivity index (χ3v) is 6.31. The molecule has 0 aliphatic carbocycles. The number of hydrogen-bond donors (Lipinski definition) is 1. The van der Waals surface area contributed by atoms with Crippen molar-refractivity contribution in [3.8, 4) is 0 Å². The fraction of sp³-hybridized carbons (Fsp3) is 0.476. The molecular weight excluding hydrogens is 338 g/mol. The van der Waals surface area contributed by atoms with Crippen molar-refractivity contribution >= 4 is 11.9 Å². The highest BCUT2D eigenvalue weighted by atomic mass is 16.2. The minimum atomic E-state index is 0.0350. The third kappa shape index (κ3) is 3.41. The Morgan fingerprint density at radius 2 is 1.81 bits per heavy atom. The summed E-state index contributed by atoms with van der Waals surface area (Å²) >= 11 is 0. The molecule has 27 heavy (non-hydrogen) atoms. The van der Waals surface area contributed by atoms with E-state index in [9.17, 15) is 4.79 Å². The molecule has 0 radical (unpaired) electrons. The number of rotatable bonds is 3. The largest absolute Gasteiger partial charge is 0.357 e. The van der Waals surface area contributed by atoms with Crippen molar-refractivity contribution in [2.75, 3.05) is 39.0 Å². The van der Waals surface area contributed by atoms with Gasteiger partial charge < -0.3 is 10.2 Å². The molecule has 0 bridgehead atoms. The van der Waals surface area contributed by atoms with Gasteiger partial charge in [0.05, 0.1) is 5.56 Å². The smallest absolute Gasteiger partial charge is 0.256 e. The minimum Gasteiger partial charge on any atom is -0.357 e. The van der Waals surface area contributed by atoms with Crippen LogP contribution >= 0.6 is 0 Å². The van der Waals surface area contributed by atoms with Gasteiger partial charge in [-0.1, -0.05) is 30.3 Å². The molecule has 1 aromatic heterocycles. The first-order valence-electron chi connectivity index (χ1n) is 9.66. The standard InChI is InChI=1S/C21H27N5O/c1-22-20-23-13-18(14-24-20)19(27)26-10-8-21(9-11-26)12-17(15-25(21)2)16-6-4-3-5-7-16/h3-7,13-14,17H,8-12,15H2,1-2H3,(H,22,23,24). The monoisotopic (exact) mass is 365 g/mol. The van der Waals surface area contributed by atoms with Crippen LogP contribution in [0.15, 0.2) is 42.7 Å². The second-order valence-corrected chi connectivity index (χ2v) is 7.75. The summed E-state index contributed by atoms with van der Waals surface area (Å²) in [7, 11) is 4.01. The quantitative estimate of drug-likeness (QED) is 0.906. The topological polar surface area (TPSA) is 61.4 Å². The van der Waals surface area contributed by atoms with E-state index in [-0.39, 0.29) is 11.4 Å². The SMILES string of the molecule is CNc1ncc(C(=O)N2CCC3(CC2)CC(c2ccccc2)CN3C)cn1. The molecule has 2 aliphatic rings. The lowest BCUT2D eigenvalue weighted by Gasteiger charge is -2.43. The van der Waals surface area contributed by atoms with Crippen molar-refractivity contribution in [1.29, 1.82) is 0 Å². The van der Waals surface area contributed by atoms with Crippen molar-refractivity contribution in [2.45, 2.75) is 30.7 Å². The molecule has 2 aromatic rings. The maximum atomic E-state index is 12.8. The summed E-state index contributed by atoms with van der Waals surface area (Å²) in [5, 5.41) is 2.88. The fourth-order valence-corrected chi connectivity index (χ4v) is 4.61. The highest BCUT2D eigenvalue weighted by Gasteiger charge is 2.46. The summed E-state index contributed by atoms with van der Waals surface area (Å²) in [5.41, 5.74) is 2.21. The molecule has 1 amide bonds. The van der Waals surface area contributed by atoms with Gasteiger partial charge in [-0.15, -0.1) is 0 Å². The maximum absolute atomic E-state index is 12.8. The normalized spacial score (nSPS) is 22.1. The molecule has 2 aliphatic heterocycles. The number of likely N-dealkylation sites (N-methyl/N-ethyl adjacent to an activating group) is 1. The molecule has 142 valence electrons. The number of aromatic nitrogens is 2. The number of anilines is 1. The average Bonchev–Trinajstić information content (AvgIpc) is 3.05. The predicted octanol–water partition coefficient (Wildman–Crippen LogP) is 2.61. The first-order chi connectivity index (χ1) is 13.1. The van der Waals surface area contributed by atoms with E-state index in [1.165, 1.54) is 12.0 Å². The van der Waals surface area contributed by atoms with E-state index < -0.39 is 0 Å². The van der Waals surface area contributed by atoms with Crippen LogP contribution < -0.4 is 5.32 Å². The van der Waals surface area contributed by atoms with E-state index in [1.807, 2.05) is 4.90 Å². The van der Waals surface area contributed by atoms with E-state index in [2.05, 4.69) is 57.6 Å². The molecule has 4 rings (SSSR count). The van der Waals surface area contributed by atoms with Gasteiger partial charge >= 0.3 is 0 Å². The van der Waals surface area contributed by atoms with Crippen LogP contribution in [0.3, 0.4) is 0 Å². The zero-order chi connectivity index (χ0) is 18.9. The molecule has 6 heteroatoms. The first-order valence-corrected chi connectivity index (χ1v) is 9.66. The molecular formula is C21H27N5O. The van der Waals surface area contributed by atoms with E-state index in [4.69, 9.17) is 0 Å². The Bertz CT molecular complexity index is 784. The van der Waals surface area contributed by atoms with Crippen LogP contribution in [0.25, 0.3) is 0 Å². The van der Waals surface area contributed by atoms with Gasteiger partial charge in [0.25, 0.3) is 5.91 Å². The molecule has 1 aromatic carbocycles. The summed E-state index contributed by atoms with van der Waals surface area (Å²) in [6, 6.07) is 10.8. The van der Waals surface area contributed by atoms with Gasteiger partial charge in [0.1, 0.15) is 0 Å². The summed E-state index contributed by atoms with van der Waals surface area (Å²) in [4.78, 5) is 25.6. The number of nitrogens with zero attached hydrogens (tertiary/aromatic N) is 4. The summed E-state index contributed by atoms with van der Waals surface area (Å²) in [6.07, 6.45) is 6.44. The van der Waals surface area contributed by atoms with Gasteiger partial charge in [0.15, 0.2) is 0 Å². The molecule has 1 unspecified atom stereocenters. The van der Waals surface area contributed by atoms with Crippen LogP contribution in [-0.2, 0) is 0 Å². The van der Waals surface area contributed by atoms with E-state index in [1.54, 1.807) is 19.4 Å². The van der Waals surface area contributed by atoms with Crippen LogP contribution in [0.4, 0.5) is 5.95 Å². The van der Waals surface area contributed by atoms with Crippen molar-refractivity contribution in [1.82, 2.24) is 19.8 Å². The Labute approximate surface area is 160 Å². The predicted molar refractivity (Wildman–Crippen MR) is 106 cm³/mol. The van der Waals surface area contributed by atoms with Crippen LogP contribution in [0.2, 0.25) is 0 Å². The third-order valence-electron chi connectivity index (χ3n) is 6.31. The highest BCUT2D eigenvalue weighted by molar-refractivity contribution is 5.93. The van der Waals surface area contributed by atoms with Gasteiger partial charge in [-0.2, -0.15) is 0 Å². The van der Waals surface area contributed by atoms with E-state index in [0.29, 0.717) is 17.4 Å². The first kappa shape index (κ1) is 17.9. The maximum Gasteiger partial charge on any atom is 0.256 e. The van der Waals surface area contributed by atoms with E-state index in [0.717, 1.165) is 32.5 Å². The lowest BCUT2D eigenvalue weighted by molar-refractivity contribution is 0.0491. The lowest BCUT2D eigenvalue weighted by Crippen LogP contribution is -2.52. The Morgan fingerprint density at radius 1 is 1.15 bits per heavy atom. The number of carbonyl (C=O) groups is 1. The molecule has 2 fully saturated rings. The Morgan fingerprint density at radius 3 is 2.44 bits per heavy atom. The Balaban J connectivity index is 1.41. The van der Waals surface area contributed by atoms with Crippen molar-refractivity contribution in [3.63, 3.8) is 0 Å². The second kappa shape index (κ2) is 7.27. The van der Waals surface area contributed by atoms with Gasteiger partial charge in [0.2, 0.25) is 5.95 Å². The van der Waals surface area contributed by atoms with Gasteiger partial charge in [0, 0.05) is 44.6 Å². The zero-order valence-electron chi connectivity index (χ0n) is 16.1. The van der Waals surface area contributed by atoms with E-state index >= 15 is 0 Å². The van der Waals surface area contributed by atoms with Gasteiger partial charge in [-0.05, 0) is 37.8 Å². The van der Waals surface area contributed by atoms with Gasteiger partial charge in [-0.25, -0.2) is 9.97 Å². The summed E-state index contributed by atoms with van der Waals surface area (Å²) < 4.78 is 0. The van der Waals surface area contributed by atoms with Gasteiger partial charge in [-0.3, -0.25) is 9.69 Å². The van der Waals surface area contributed by atoms with Crippen LogP contribution in [-0.4, -0.2) is 64.9 Å². The molecule has 1 spiro atoms. The Kier molecular flexibility index (Phi) is 4.83. The molecule has 1 atom stereocenters. The van der Waals surface area contributed by atoms with Crippen molar-refractivity contribution < 1.29 is 4.79 Å². The molecule has 0 saturated carbocycles. The number of amides is 1. The lowest BCUT2D eigenvalue weighted by atomic mass is 9.81. The summed E-state index contributed by atoms with van der Waals surface area (Å²) in [5.74, 6) is 1.15. The number of likely N-dealkylation sites (tertiary alicyclic amines) is 2. The number of nitrogens with one attached hydrogen (secondary N) is 1. The van der Waals surface area contributed by atoms with Crippen LogP contribution in [0.1, 0.15) is 41.1 Å². The molecule has 3 heterocycles. The highest BCUT2D eigenvalue weighted by Crippen LogP contribution is 2.44. The number of carbonyl (C=O) groups excluding carboxylic acids is 1. The van der Waals surface area contributed by atoms with Crippen LogP contribution in [0, 0.1) is 0 Å². The van der Waals surface area contributed by atoms with Crippen LogP contribution in [0.5, 0.6) is 0 Å². The average molecular weight is 365 g/mol. The molecule has 1 N–H and O–H groups in total. The fourth-order valence-electron chi connectivity index (χ4n) is 4.61. The molecule has 2 saturated heterocycles. The summed E-state index contributed by atoms with van der Waals surface area (Å²) in [6.45, 7) is 2.67. The number of benzene rings is 1. The minimum absolute atomic E-state index is 0.0350. The molecule has 6 nitrogen and oxygen atoms in total.